The second-order valence-electron chi connectivity index (χ2n) is 8.50. The molecule has 5 rings (SSSR count). The molecule has 8 heteroatoms. The monoisotopic (exact) mass is 441 g/mol. The van der Waals surface area contributed by atoms with Crippen LogP contribution in [-0.2, 0) is 16.6 Å². The molecule has 1 fully saturated rings. The van der Waals surface area contributed by atoms with Crippen molar-refractivity contribution in [2.45, 2.75) is 19.3 Å². The van der Waals surface area contributed by atoms with Crippen molar-refractivity contribution in [1.29, 1.82) is 0 Å². The molecule has 2 aromatic carbocycles. The third-order valence-corrected chi connectivity index (χ3v) is 6.39. The molecular formula is C25H23N5O3. The molecule has 166 valence electrons. The maximum Gasteiger partial charge on any atom is 0.233 e. The second kappa shape index (κ2) is 7.44. The van der Waals surface area contributed by atoms with Gasteiger partial charge in [-0.25, -0.2) is 0 Å². The van der Waals surface area contributed by atoms with Crippen LogP contribution in [0.3, 0.4) is 0 Å². The van der Waals surface area contributed by atoms with Gasteiger partial charge in [0.1, 0.15) is 16.9 Å². The third-order valence-electron chi connectivity index (χ3n) is 6.39. The Balaban J connectivity index is 1.42. The maximum absolute atomic E-state index is 11.8. The van der Waals surface area contributed by atoms with E-state index < -0.39 is 17.2 Å². The van der Waals surface area contributed by atoms with Crippen molar-refractivity contribution in [2.24, 2.45) is 23.9 Å². The summed E-state index contributed by atoms with van der Waals surface area (Å²) < 4.78 is 7.93. The van der Waals surface area contributed by atoms with Gasteiger partial charge in [-0.1, -0.05) is 12.1 Å². The van der Waals surface area contributed by atoms with Crippen molar-refractivity contribution in [1.82, 2.24) is 14.8 Å². The Hall–Kier alpha value is -4.20. The number of benzene rings is 2. The summed E-state index contributed by atoms with van der Waals surface area (Å²) in [4.78, 5) is 28.1. The third kappa shape index (κ3) is 3.40. The summed E-state index contributed by atoms with van der Waals surface area (Å²) in [5, 5.41) is 5.39. The summed E-state index contributed by atoms with van der Waals surface area (Å²) in [6.07, 6.45) is 3.96. The quantitative estimate of drug-likeness (QED) is 0.445. The van der Waals surface area contributed by atoms with E-state index in [0.29, 0.717) is 17.9 Å². The molecule has 2 amide bonds. The molecular weight excluding hydrogens is 418 g/mol. The normalized spacial score (nSPS) is 16.5. The van der Waals surface area contributed by atoms with Crippen LogP contribution in [0.25, 0.3) is 22.2 Å². The Morgan fingerprint density at radius 3 is 2.42 bits per heavy atom. The van der Waals surface area contributed by atoms with Gasteiger partial charge in [0, 0.05) is 36.3 Å². The number of rotatable bonds is 6. The Morgan fingerprint density at radius 2 is 1.82 bits per heavy atom. The SMILES string of the molecule is Cc1cc2c(Oc3ccc(C4CC4(C(N)=O)C(N)=O)cc3)ccnc2cc1-c1ccn(C)n1. The zero-order valence-corrected chi connectivity index (χ0v) is 18.3. The highest BCUT2D eigenvalue weighted by Crippen LogP contribution is 2.59. The molecule has 2 heterocycles. The lowest BCUT2D eigenvalue weighted by atomic mass is 9.97. The highest BCUT2D eigenvalue weighted by Gasteiger charge is 2.64. The summed E-state index contributed by atoms with van der Waals surface area (Å²) in [5.74, 6) is -0.343. The number of hydrogen-bond donors (Lipinski definition) is 2. The van der Waals surface area contributed by atoms with Crippen LogP contribution in [0, 0.1) is 12.3 Å². The van der Waals surface area contributed by atoms with Crippen LogP contribution in [-0.4, -0.2) is 26.6 Å². The lowest BCUT2D eigenvalue weighted by molar-refractivity contribution is -0.133. The zero-order chi connectivity index (χ0) is 23.3. The first-order chi connectivity index (χ1) is 15.8. The summed E-state index contributed by atoms with van der Waals surface area (Å²) in [7, 11) is 1.89. The van der Waals surface area contributed by atoms with Gasteiger partial charge in [-0.05, 0) is 60.9 Å². The van der Waals surface area contributed by atoms with Crippen LogP contribution < -0.4 is 16.2 Å². The van der Waals surface area contributed by atoms with E-state index in [9.17, 15) is 9.59 Å². The molecule has 1 saturated carbocycles. The largest absolute Gasteiger partial charge is 0.457 e. The molecule has 1 unspecified atom stereocenters. The molecule has 0 spiro atoms. The number of primary amides is 2. The highest BCUT2D eigenvalue weighted by molar-refractivity contribution is 6.08. The lowest BCUT2D eigenvalue weighted by Gasteiger charge is -2.12. The summed E-state index contributed by atoms with van der Waals surface area (Å²) >= 11 is 0. The maximum atomic E-state index is 11.8. The first kappa shape index (κ1) is 20.7. The molecule has 0 saturated heterocycles. The zero-order valence-electron chi connectivity index (χ0n) is 18.3. The predicted octanol–water partition coefficient (Wildman–Crippen LogP) is 3.18. The Morgan fingerprint density at radius 1 is 1.09 bits per heavy atom. The topological polar surface area (TPSA) is 126 Å². The number of amides is 2. The minimum absolute atomic E-state index is 0.295. The number of pyridine rings is 1. The van der Waals surface area contributed by atoms with E-state index in [-0.39, 0.29) is 5.92 Å². The number of nitrogens with two attached hydrogens (primary N) is 2. The molecule has 1 aliphatic carbocycles. The molecule has 0 aliphatic heterocycles. The van der Waals surface area contributed by atoms with Crippen molar-refractivity contribution >= 4 is 22.7 Å². The molecule has 33 heavy (non-hydrogen) atoms. The van der Waals surface area contributed by atoms with Gasteiger partial charge < -0.3 is 16.2 Å². The smallest absolute Gasteiger partial charge is 0.233 e. The number of fused-ring (bicyclic) bond motifs is 1. The fourth-order valence-electron chi connectivity index (χ4n) is 4.43. The van der Waals surface area contributed by atoms with E-state index in [1.807, 2.05) is 68.7 Å². The van der Waals surface area contributed by atoms with Gasteiger partial charge in [0.25, 0.3) is 0 Å². The van der Waals surface area contributed by atoms with Gasteiger partial charge in [0.15, 0.2) is 0 Å². The van der Waals surface area contributed by atoms with Crippen LogP contribution in [0.4, 0.5) is 0 Å². The molecule has 8 nitrogen and oxygen atoms in total. The number of nitrogens with zero attached hydrogens (tertiary/aromatic N) is 3. The van der Waals surface area contributed by atoms with Crippen LogP contribution in [0.2, 0.25) is 0 Å². The first-order valence-electron chi connectivity index (χ1n) is 10.6. The van der Waals surface area contributed by atoms with Crippen molar-refractivity contribution in [3.8, 4) is 22.8 Å². The van der Waals surface area contributed by atoms with Crippen molar-refractivity contribution in [2.75, 3.05) is 0 Å². The van der Waals surface area contributed by atoms with Gasteiger partial charge in [0.2, 0.25) is 11.8 Å². The van der Waals surface area contributed by atoms with Crippen LogP contribution in [0.5, 0.6) is 11.5 Å². The van der Waals surface area contributed by atoms with E-state index in [4.69, 9.17) is 16.2 Å². The van der Waals surface area contributed by atoms with Gasteiger partial charge in [-0.2, -0.15) is 5.10 Å². The van der Waals surface area contributed by atoms with E-state index in [1.54, 1.807) is 10.9 Å². The van der Waals surface area contributed by atoms with Gasteiger partial charge in [-0.3, -0.25) is 19.3 Å². The number of carbonyl (C=O) groups is 2. The molecule has 0 radical (unpaired) electrons. The van der Waals surface area contributed by atoms with Crippen molar-refractivity contribution in [3.05, 3.63) is 72.1 Å². The van der Waals surface area contributed by atoms with Crippen molar-refractivity contribution in [3.63, 3.8) is 0 Å². The molecule has 1 aliphatic rings. The second-order valence-corrected chi connectivity index (χ2v) is 8.50. The summed E-state index contributed by atoms with van der Waals surface area (Å²) in [5.41, 5.74) is 14.2. The van der Waals surface area contributed by atoms with Gasteiger partial charge in [0.05, 0.1) is 11.2 Å². The first-order valence-corrected chi connectivity index (χ1v) is 10.6. The summed E-state index contributed by atoms with van der Waals surface area (Å²) in [6, 6.07) is 15.1. The molecule has 4 N–H and O–H groups in total. The standard InChI is InChI=1S/C25H23N5O3/c1-14-11-18-21(12-17(14)20-8-10-30(2)29-20)28-9-7-22(18)33-16-5-3-15(4-6-16)19-13-25(19,23(26)31)24(27)32/h3-12,19H,13H2,1-2H3,(H2,26,31)(H2,27,32). The van der Waals surface area contributed by atoms with Gasteiger partial charge in [-0.15, -0.1) is 0 Å². The van der Waals surface area contributed by atoms with E-state index in [2.05, 4.69) is 10.1 Å². The van der Waals surface area contributed by atoms with E-state index >= 15 is 0 Å². The minimum atomic E-state index is -1.29. The number of carbonyl (C=O) groups excluding carboxylic acids is 2. The van der Waals surface area contributed by atoms with Crippen molar-refractivity contribution < 1.29 is 14.3 Å². The van der Waals surface area contributed by atoms with Crippen LogP contribution >= 0.6 is 0 Å². The molecule has 1 atom stereocenters. The fourth-order valence-corrected chi connectivity index (χ4v) is 4.43. The number of hydrogen-bond acceptors (Lipinski definition) is 5. The van der Waals surface area contributed by atoms with Crippen LogP contribution in [0.15, 0.2) is 60.9 Å². The molecule has 4 aromatic rings. The average molecular weight is 441 g/mol. The Bertz CT molecular complexity index is 1390. The number of aromatic nitrogens is 3. The number of aryl methyl sites for hydroxylation is 2. The molecule has 0 bridgehead atoms. The van der Waals surface area contributed by atoms with E-state index in [0.717, 1.165) is 33.3 Å². The lowest BCUT2D eigenvalue weighted by Crippen LogP contribution is -2.38. The minimum Gasteiger partial charge on any atom is -0.457 e. The van der Waals surface area contributed by atoms with Gasteiger partial charge >= 0.3 is 0 Å². The average Bonchev–Trinajstić information content (AvgIpc) is 3.42. The van der Waals surface area contributed by atoms with Crippen LogP contribution in [0.1, 0.15) is 23.5 Å². The predicted molar refractivity (Wildman–Crippen MR) is 123 cm³/mol. The Kier molecular flexibility index (Phi) is 4.67. The Labute approximate surface area is 190 Å². The highest BCUT2D eigenvalue weighted by atomic mass is 16.5. The molecule has 2 aromatic heterocycles. The number of ether oxygens (including phenoxy) is 1. The van der Waals surface area contributed by atoms with E-state index in [1.165, 1.54) is 0 Å². The summed E-state index contributed by atoms with van der Waals surface area (Å²) in [6.45, 7) is 2.04. The fraction of sp³-hybridized carbons (Fsp3) is 0.200.